The number of benzene rings is 1. The number of nitriles is 1. The highest BCUT2D eigenvalue weighted by molar-refractivity contribution is 5.99. The van der Waals surface area contributed by atoms with Crippen LogP contribution in [0.4, 0.5) is 11.4 Å². The zero-order chi connectivity index (χ0) is 41.4. The topological polar surface area (TPSA) is 168 Å². The molecule has 6 heterocycles. The summed E-state index contributed by atoms with van der Waals surface area (Å²) in [6.45, 7) is 10.5. The second kappa shape index (κ2) is 16.3. The summed E-state index contributed by atoms with van der Waals surface area (Å²) in [5.74, 6) is -0.528. The molecule has 4 aliphatic rings. The number of aromatic nitrogens is 5. The summed E-state index contributed by atoms with van der Waals surface area (Å²) in [6.07, 6.45) is 12.3. The molecule has 0 radical (unpaired) electrons. The van der Waals surface area contributed by atoms with Gasteiger partial charge in [0.1, 0.15) is 23.4 Å². The molecule has 15 heteroatoms. The maximum Gasteiger partial charge on any atom is 0.258 e. The molecule has 2 saturated heterocycles. The largest absolute Gasteiger partial charge is 0.369 e. The third-order valence-corrected chi connectivity index (χ3v) is 13.0. The molecule has 312 valence electrons. The van der Waals surface area contributed by atoms with Crippen LogP contribution < -0.4 is 31.3 Å². The Labute approximate surface area is 349 Å². The maximum atomic E-state index is 13.5. The van der Waals surface area contributed by atoms with Gasteiger partial charge in [0.2, 0.25) is 5.91 Å². The van der Waals surface area contributed by atoms with E-state index in [1.807, 2.05) is 68.7 Å². The third kappa shape index (κ3) is 8.18. The van der Waals surface area contributed by atoms with Gasteiger partial charge in [-0.05, 0) is 107 Å². The van der Waals surface area contributed by atoms with E-state index in [-0.39, 0.29) is 29.5 Å². The summed E-state index contributed by atoms with van der Waals surface area (Å²) in [4.78, 5) is 56.6. The van der Waals surface area contributed by atoms with Crippen LogP contribution in [0.25, 0.3) is 22.7 Å². The molecule has 15 nitrogen and oxygen atoms in total. The van der Waals surface area contributed by atoms with E-state index in [1.165, 1.54) is 12.8 Å². The summed E-state index contributed by atoms with van der Waals surface area (Å²) < 4.78 is 3.41. The minimum atomic E-state index is -0.966. The third-order valence-electron chi connectivity index (χ3n) is 13.0. The number of nitrogens with zero attached hydrogens (tertiary/aromatic N) is 9. The van der Waals surface area contributed by atoms with Gasteiger partial charge in [0.25, 0.3) is 11.5 Å². The van der Waals surface area contributed by atoms with Crippen LogP contribution >= 0.6 is 0 Å². The van der Waals surface area contributed by atoms with Crippen molar-refractivity contribution in [2.24, 2.45) is 0 Å². The number of nitrogens with one attached hydrogen (secondary N) is 3. The van der Waals surface area contributed by atoms with Crippen molar-refractivity contribution in [2.75, 3.05) is 62.2 Å². The van der Waals surface area contributed by atoms with Crippen molar-refractivity contribution in [1.29, 1.82) is 5.26 Å². The van der Waals surface area contributed by atoms with Gasteiger partial charge in [0.15, 0.2) is 5.65 Å². The molecular weight excluding hydrogens is 757 g/mol. The fourth-order valence-corrected chi connectivity index (χ4v) is 9.57. The minimum Gasteiger partial charge on any atom is -0.369 e. The Morgan fingerprint density at radius 1 is 0.900 bits per heavy atom. The standard InChI is InChI=1S/C45H54N12O3/c1-31-25-38(52-57-27-32(2)48-41(31)57)37-26-40(58)56-29-36(12-13-39(56)49-37)55-28-34(50-44(30-55)16-17-44)7-6-20-53-21-23-54(24-22-53)35-10-8-33(9-11-35)42(59)51-45(14-4-3-5-15-45)43(60)47-19-18-46/h8-13,25-27,29,34,50H,3-7,14-17,19-24,28,30H2,1-2H3,(H,47,60)(H,51,59). The molecule has 5 aromatic rings. The quantitative estimate of drug-likeness (QED) is 0.165. The Morgan fingerprint density at radius 2 is 1.67 bits per heavy atom. The van der Waals surface area contributed by atoms with E-state index in [0.717, 1.165) is 106 Å². The van der Waals surface area contributed by atoms with E-state index in [9.17, 15) is 14.4 Å². The van der Waals surface area contributed by atoms with Crippen LogP contribution in [0.1, 0.15) is 79.4 Å². The van der Waals surface area contributed by atoms with Crippen LogP contribution in [-0.2, 0) is 4.79 Å². The zero-order valence-corrected chi connectivity index (χ0v) is 34.6. The van der Waals surface area contributed by atoms with Crippen molar-refractivity contribution in [3.8, 4) is 17.5 Å². The zero-order valence-electron chi connectivity index (χ0n) is 34.6. The van der Waals surface area contributed by atoms with Crippen molar-refractivity contribution in [3.63, 3.8) is 0 Å². The van der Waals surface area contributed by atoms with Crippen LogP contribution in [0.15, 0.2) is 65.7 Å². The van der Waals surface area contributed by atoms with Gasteiger partial charge in [-0.25, -0.2) is 14.5 Å². The van der Waals surface area contributed by atoms with Gasteiger partial charge in [0, 0.05) is 74.4 Å². The monoisotopic (exact) mass is 810 g/mol. The summed E-state index contributed by atoms with van der Waals surface area (Å²) >= 11 is 0. The number of anilines is 2. The smallest absolute Gasteiger partial charge is 0.258 e. The first-order chi connectivity index (χ1) is 29.1. The molecule has 2 aliphatic carbocycles. The molecule has 2 saturated carbocycles. The number of aryl methyl sites for hydroxylation is 2. The fourth-order valence-electron chi connectivity index (χ4n) is 9.57. The summed E-state index contributed by atoms with van der Waals surface area (Å²) in [5.41, 5.74) is 6.16. The lowest BCUT2D eigenvalue weighted by atomic mass is 9.80. The highest BCUT2D eigenvalue weighted by atomic mass is 16.2. The van der Waals surface area contributed by atoms with E-state index < -0.39 is 5.54 Å². The predicted octanol–water partition coefficient (Wildman–Crippen LogP) is 4.01. The van der Waals surface area contributed by atoms with Crippen molar-refractivity contribution in [3.05, 3.63) is 88.1 Å². The number of carbonyl (C=O) groups excluding carboxylic acids is 2. The molecule has 0 bridgehead atoms. The van der Waals surface area contributed by atoms with Gasteiger partial charge in [0.05, 0.1) is 29.3 Å². The van der Waals surface area contributed by atoms with E-state index in [1.54, 1.807) is 15.0 Å². The van der Waals surface area contributed by atoms with Crippen molar-refractivity contribution >= 4 is 34.5 Å². The van der Waals surface area contributed by atoms with Crippen LogP contribution in [0.2, 0.25) is 0 Å². The Morgan fingerprint density at radius 3 is 2.42 bits per heavy atom. The number of hydrogen-bond donors (Lipinski definition) is 3. The minimum absolute atomic E-state index is 0.0704. The molecule has 60 heavy (non-hydrogen) atoms. The summed E-state index contributed by atoms with van der Waals surface area (Å²) in [5, 5.41) is 23.3. The molecule has 4 fully saturated rings. The molecular formula is C45H54N12O3. The molecule has 1 unspecified atom stereocenters. The van der Waals surface area contributed by atoms with Crippen molar-refractivity contribution < 1.29 is 9.59 Å². The van der Waals surface area contributed by atoms with Crippen LogP contribution in [0.3, 0.4) is 0 Å². The number of rotatable bonds is 11. The number of amides is 2. The number of imidazole rings is 1. The lowest BCUT2D eigenvalue weighted by Gasteiger charge is -2.41. The number of fused-ring (bicyclic) bond motifs is 2. The fraction of sp³-hybridized carbons (Fsp3) is 0.489. The molecule has 1 spiro atoms. The number of carbonyl (C=O) groups is 2. The number of piperazine rings is 2. The molecule has 2 aliphatic heterocycles. The van der Waals surface area contributed by atoms with E-state index >= 15 is 0 Å². The maximum absolute atomic E-state index is 13.5. The van der Waals surface area contributed by atoms with Gasteiger partial charge >= 0.3 is 0 Å². The van der Waals surface area contributed by atoms with Crippen LogP contribution in [0, 0.1) is 25.2 Å². The van der Waals surface area contributed by atoms with Crippen LogP contribution in [0.5, 0.6) is 0 Å². The lowest BCUT2D eigenvalue weighted by molar-refractivity contribution is -0.128. The van der Waals surface area contributed by atoms with Gasteiger partial charge in [-0.15, -0.1) is 0 Å². The number of pyridine rings is 1. The normalized spacial score (nSPS) is 20.0. The average Bonchev–Trinajstić information content (AvgIpc) is 3.88. The lowest BCUT2D eigenvalue weighted by Crippen LogP contribution is -2.59. The first-order valence-electron chi connectivity index (χ1n) is 21.5. The molecule has 4 aromatic heterocycles. The van der Waals surface area contributed by atoms with E-state index in [0.29, 0.717) is 41.5 Å². The Kier molecular flexibility index (Phi) is 10.8. The first kappa shape index (κ1) is 39.6. The Bertz CT molecular complexity index is 2510. The average molecular weight is 811 g/mol. The van der Waals surface area contributed by atoms with Crippen LogP contribution in [-0.4, -0.2) is 110 Å². The van der Waals surface area contributed by atoms with Gasteiger partial charge in [-0.2, -0.15) is 10.4 Å². The summed E-state index contributed by atoms with van der Waals surface area (Å²) in [6, 6.07) is 17.6. The molecule has 2 amide bonds. The van der Waals surface area contributed by atoms with Gasteiger partial charge in [-0.1, -0.05) is 19.3 Å². The predicted molar refractivity (Wildman–Crippen MR) is 230 cm³/mol. The highest BCUT2D eigenvalue weighted by Crippen LogP contribution is 2.40. The first-order valence-corrected chi connectivity index (χ1v) is 21.5. The Balaban J connectivity index is 0.774. The second-order valence-corrected chi connectivity index (χ2v) is 17.4. The van der Waals surface area contributed by atoms with E-state index in [2.05, 4.69) is 41.7 Å². The second-order valence-electron chi connectivity index (χ2n) is 17.4. The molecule has 3 N–H and O–H groups in total. The molecule has 9 rings (SSSR count). The van der Waals surface area contributed by atoms with Gasteiger partial charge in [-0.3, -0.25) is 23.7 Å². The Hall–Kier alpha value is -5.85. The SMILES string of the molecule is Cc1cn2nc(-c3cc(=O)n4cc(N5CC(CCCN6CCN(c7ccc(C(=O)NC8(C(=O)NCC#N)CCCCC8)cc7)CC6)NC6(CC6)C5)ccc4n3)cc(C)c2n1. The van der Waals surface area contributed by atoms with Gasteiger partial charge < -0.3 is 25.8 Å². The van der Waals surface area contributed by atoms with Crippen molar-refractivity contribution in [1.82, 2.24) is 44.8 Å². The molecule has 1 atom stereocenters. The highest BCUT2D eigenvalue weighted by Gasteiger charge is 2.48. The number of hydrogen-bond acceptors (Lipinski definition) is 11. The van der Waals surface area contributed by atoms with Crippen molar-refractivity contribution in [2.45, 2.75) is 88.8 Å². The molecule has 1 aromatic carbocycles. The van der Waals surface area contributed by atoms with E-state index in [4.69, 9.17) is 15.3 Å². The summed E-state index contributed by atoms with van der Waals surface area (Å²) in [7, 11) is 0.